The maximum absolute atomic E-state index is 5.88. The molecule has 2 aromatic rings. The normalized spacial score (nSPS) is 15.3. The van der Waals surface area contributed by atoms with Crippen LogP contribution in [0.1, 0.15) is 24.7 Å². The van der Waals surface area contributed by atoms with Gasteiger partial charge in [0, 0.05) is 11.6 Å². The van der Waals surface area contributed by atoms with Crippen molar-refractivity contribution in [1.29, 1.82) is 0 Å². The Labute approximate surface area is 99.1 Å². The molecule has 1 heterocycles. The summed E-state index contributed by atoms with van der Waals surface area (Å²) >= 11 is 5.88. The summed E-state index contributed by atoms with van der Waals surface area (Å²) in [6.07, 6.45) is 2.42. The number of benzene rings is 1. The number of rotatable bonds is 3. The molecule has 0 unspecified atom stereocenters. The van der Waals surface area contributed by atoms with Crippen LogP contribution in [0.3, 0.4) is 0 Å². The standard InChI is InChI=1S/C12H12ClN3/c13-8-11-14-15-12(16(11)10-6-7-10)9-4-2-1-3-5-9/h1-5,10H,6-8H2. The van der Waals surface area contributed by atoms with Crippen molar-refractivity contribution >= 4 is 11.6 Å². The van der Waals surface area contributed by atoms with Crippen LogP contribution in [0.5, 0.6) is 0 Å². The van der Waals surface area contributed by atoms with Crippen LogP contribution < -0.4 is 0 Å². The highest BCUT2D eigenvalue weighted by Gasteiger charge is 2.29. The second-order valence-electron chi connectivity index (χ2n) is 4.04. The van der Waals surface area contributed by atoms with Gasteiger partial charge < -0.3 is 4.57 Å². The maximum Gasteiger partial charge on any atom is 0.164 e. The van der Waals surface area contributed by atoms with Crippen LogP contribution in [0, 0.1) is 0 Å². The summed E-state index contributed by atoms with van der Waals surface area (Å²) in [5.74, 6) is 2.25. The molecule has 0 amide bonds. The van der Waals surface area contributed by atoms with Gasteiger partial charge in [0.2, 0.25) is 0 Å². The van der Waals surface area contributed by atoms with Crippen molar-refractivity contribution in [1.82, 2.24) is 14.8 Å². The molecule has 0 atom stereocenters. The summed E-state index contributed by atoms with van der Waals surface area (Å²) in [5, 5.41) is 8.40. The second-order valence-corrected chi connectivity index (χ2v) is 4.31. The first kappa shape index (κ1) is 9.85. The summed E-state index contributed by atoms with van der Waals surface area (Å²) in [5.41, 5.74) is 1.11. The Morgan fingerprint density at radius 2 is 1.94 bits per heavy atom. The fraction of sp³-hybridized carbons (Fsp3) is 0.333. The number of hydrogen-bond donors (Lipinski definition) is 0. The predicted molar refractivity (Wildman–Crippen MR) is 63.3 cm³/mol. The largest absolute Gasteiger partial charge is 0.307 e. The Morgan fingerprint density at radius 3 is 2.56 bits per heavy atom. The Balaban J connectivity index is 2.10. The Bertz CT molecular complexity index is 488. The van der Waals surface area contributed by atoms with Crippen LogP contribution >= 0.6 is 11.6 Å². The molecule has 82 valence electrons. The van der Waals surface area contributed by atoms with Crippen molar-refractivity contribution < 1.29 is 0 Å². The van der Waals surface area contributed by atoms with Crippen molar-refractivity contribution in [3.63, 3.8) is 0 Å². The van der Waals surface area contributed by atoms with Gasteiger partial charge in [-0.25, -0.2) is 0 Å². The molecule has 0 spiro atoms. The van der Waals surface area contributed by atoms with Crippen molar-refractivity contribution in [2.45, 2.75) is 24.8 Å². The molecular weight excluding hydrogens is 222 g/mol. The predicted octanol–water partition coefficient (Wildman–Crippen LogP) is 3.02. The average Bonchev–Trinajstić information content (AvgIpc) is 3.09. The quantitative estimate of drug-likeness (QED) is 0.763. The van der Waals surface area contributed by atoms with Gasteiger partial charge in [-0.2, -0.15) is 0 Å². The van der Waals surface area contributed by atoms with Crippen LogP contribution in [-0.2, 0) is 5.88 Å². The van der Waals surface area contributed by atoms with E-state index in [-0.39, 0.29) is 0 Å². The molecule has 16 heavy (non-hydrogen) atoms. The van der Waals surface area contributed by atoms with Gasteiger partial charge in [-0.1, -0.05) is 30.3 Å². The lowest BCUT2D eigenvalue weighted by atomic mass is 10.2. The molecule has 4 heteroatoms. The molecule has 1 aliphatic rings. The van der Waals surface area contributed by atoms with Crippen LogP contribution in [0.15, 0.2) is 30.3 Å². The maximum atomic E-state index is 5.88. The van der Waals surface area contributed by atoms with Gasteiger partial charge in [-0.05, 0) is 12.8 Å². The fourth-order valence-corrected chi connectivity index (χ4v) is 2.10. The van der Waals surface area contributed by atoms with Gasteiger partial charge in [-0.3, -0.25) is 0 Å². The molecular formula is C12H12ClN3. The molecule has 1 aromatic heterocycles. The molecule has 1 aliphatic carbocycles. The number of halogens is 1. The van der Waals surface area contributed by atoms with Crippen LogP contribution in [-0.4, -0.2) is 14.8 Å². The first-order valence-electron chi connectivity index (χ1n) is 5.45. The van der Waals surface area contributed by atoms with Crippen molar-refractivity contribution in [3.05, 3.63) is 36.2 Å². The van der Waals surface area contributed by atoms with Gasteiger partial charge in [0.05, 0.1) is 5.88 Å². The summed E-state index contributed by atoms with van der Waals surface area (Å²) in [6.45, 7) is 0. The van der Waals surface area contributed by atoms with Crippen LogP contribution in [0.4, 0.5) is 0 Å². The van der Waals surface area contributed by atoms with Gasteiger partial charge in [0.25, 0.3) is 0 Å². The molecule has 0 aliphatic heterocycles. The van der Waals surface area contributed by atoms with E-state index in [0.717, 1.165) is 17.2 Å². The van der Waals surface area contributed by atoms with Crippen LogP contribution in [0.25, 0.3) is 11.4 Å². The van der Waals surface area contributed by atoms with E-state index in [1.54, 1.807) is 0 Å². The fourth-order valence-electron chi connectivity index (χ4n) is 1.92. The topological polar surface area (TPSA) is 30.7 Å². The zero-order valence-electron chi connectivity index (χ0n) is 8.81. The van der Waals surface area contributed by atoms with Crippen molar-refractivity contribution in [3.8, 4) is 11.4 Å². The molecule has 3 rings (SSSR count). The highest BCUT2D eigenvalue weighted by molar-refractivity contribution is 6.16. The van der Waals surface area contributed by atoms with Gasteiger partial charge in [0.1, 0.15) is 5.82 Å². The van der Waals surface area contributed by atoms with Gasteiger partial charge >= 0.3 is 0 Å². The molecule has 1 aromatic carbocycles. The zero-order valence-corrected chi connectivity index (χ0v) is 9.56. The van der Waals surface area contributed by atoms with E-state index >= 15 is 0 Å². The average molecular weight is 234 g/mol. The van der Waals surface area contributed by atoms with Gasteiger partial charge in [-0.15, -0.1) is 21.8 Å². The molecule has 0 radical (unpaired) electrons. The van der Waals surface area contributed by atoms with E-state index in [1.165, 1.54) is 12.8 Å². The lowest BCUT2D eigenvalue weighted by Gasteiger charge is -2.07. The highest BCUT2D eigenvalue weighted by atomic mass is 35.5. The summed E-state index contributed by atoms with van der Waals surface area (Å²) < 4.78 is 2.18. The van der Waals surface area contributed by atoms with Crippen molar-refractivity contribution in [2.75, 3.05) is 0 Å². The summed E-state index contributed by atoms with van der Waals surface area (Å²) in [6, 6.07) is 10.7. The molecule has 3 nitrogen and oxygen atoms in total. The molecule has 1 saturated carbocycles. The third kappa shape index (κ3) is 1.61. The molecule has 0 bridgehead atoms. The van der Waals surface area contributed by atoms with E-state index in [1.807, 2.05) is 18.2 Å². The molecule has 1 fully saturated rings. The lowest BCUT2D eigenvalue weighted by molar-refractivity contribution is 0.712. The lowest BCUT2D eigenvalue weighted by Crippen LogP contribution is -2.01. The highest BCUT2D eigenvalue weighted by Crippen LogP contribution is 2.39. The first-order chi connectivity index (χ1) is 7.90. The van der Waals surface area contributed by atoms with E-state index in [4.69, 9.17) is 11.6 Å². The Kier molecular flexibility index (Phi) is 2.40. The third-order valence-corrected chi connectivity index (χ3v) is 3.07. The minimum atomic E-state index is 0.427. The molecule has 0 N–H and O–H groups in total. The third-order valence-electron chi connectivity index (χ3n) is 2.83. The number of alkyl halides is 1. The summed E-state index contributed by atoms with van der Waals surface area (Å²) in [4.78, 5) is 0. The zero-order chi connectivity index (χ0) is 11.0. The van der Waals surface area contributed by atoms with E-state index < -0.39 is 0 Å². The van der Waals surface area contributed by atoms with E-state index in [2.05, 4.69) is 26.9 Å². The van der Waals surface area contributed by atoms with Gasteiger partial charge in [0.15, 0.2) is 5.82 Å². The Hall–Kier alpha value is -1.35. The number of nitrogens with zero attached hydrogens (tertiary/aromatic N) is 3. The SMILES string of the molecule is ClCc1nnc(-c2ccccc2)n1C1CC1. The minimum absolute atomic E-state index is 0.427. The minimum Gasteiger partial charge on any atom is -0.307 e. The van der Waals surface area contributed by atoms with Crippen LogP contribution in [0.2, 0.25) is 0 Å². The molecule has 0 saturated heterocycles. The van der Waals surface area contributed by atoms with E-state index in [0.29, 0.717) is 11.9 Å². The number of aromatic nitrogens is 3. The first-order valence-corrected chi connectivity index (χ1v) is 5.99. The smallest absolute Gasteiger partial charge is 0.164 e. The van der Waals surface area contributed by atoms with Crippen molar-refractivity contribution in [2.24, 2.45) is 0 Å². The summed E-state index contributed by atoms with van der Waals surface area (Å²) in [7, 11) is 0. The number of hydrogen-bond acceptors (Lipinski definition) is 2. The Morgan fingerprint density at radius 1 is 1.19 bits per heavy atom. The second kappa shape index (κ2) is 3.91. The monoisotopic (exact) mass is 233 g/mol. The van der Waals surface area contributed by atoms with E-state index in [9.17, 15) is 0 Å².